The maximum atomic E-state index is 11.8. The number of hydrogen-bond donors (Lipinski definition) is 0. The molecule has 1 heterocycles. The van der Waals surface area contributed by atoms with Crippen LogP contribution in [0, 0.1) is 5.92 Å². The van der Waals surface area contributed by atoms with Crippen molar-refractivity contribution >= 4 is 0 Å². The molecule has 3 heteroatoms. The number of allylic oxidation sites excluding steroid dienone is 1. The van der Waals surface area contributed by atoms with Crippen molar-refractivity contribution in [3.8, 4) is 0 Å². The standard InChI is InChI=1S/C10H11FO2/c11-4-6-12-9-1-2-10-8(7-9)3-5-13-10/h1-3,5,7-8,10H,4,6H2. The lowest BCUT2D eigenvalue weighted by atomic mass is 9.98. The van der Waals surface area contributed by atoms with Crippen LogP contribution in [0.1, 0.15) is 0 Å². The minimum Gasteiger partial charge on any atom is -0.493 e. The first kappa shape index (κ1) is 8.35. The number of fused-ring (bicyclic) bond motifs is 1. The Morgan fingerprint density at radius 2 is 2.38 bits per heavy atom. The Kier molecular flexibility index (Phi) is 2.34. The Morgan fingerprint density at radius 1 is 1.46 bits per heavy atom. The topological polar surface area (TPSA) is 18.5 Å². The van der Waals surface area contributed by atoms with Crippen molar-refractivity contribution in [3.05, 3.63) is 36.3 Å². The van der Waals surface area contributed by atoms with Crippen LogP contribution < -0.4 is 0 Å². The van der Waals surface area contributed by atoms with E-state index in [1.165, 1.54) is 0 Å². The third-order valence-electron chi connectivity index (χ3n) is 2.07. The number of ether oxygens (including phenoxy) is 2. The molecule has 0 spiro atoms. The van der Waals surface area contributed by atoms with Gasteiger partial charge in [0.15, 0.2) is 0 Å². The van der Waals surface area contributed by atoms with Crippen molar-refractivity contribution in [2.45, 2.75) is 6.10 Å². The van der Waals surface area contributed by atoms with Crippen LogP contribution in [0.5, 0.6) is 0 Å². The minimum absolute atomic E-state index is 0.109. The predicted octanol–water partition coefficient (Wildman–Crippen LogP) is 1.95. The van der Waals surface area contributed by atoms with Gasteiger partial charge >= 0.3 is 0 Å². The first-order chi connectivity index (χ1) is 6.40. The average Bonchev–Trinajstić information content (AvgIpc) is 2.61. The van der Waals surface area contributed by atoms with Gasteiger partial charge in [0.05, 0.1) is 6.26 Å². The molecule has 1 aliphatic carbocycles. The largest absolute Gasteiger partial charge is 0.493 e. The number of halogens is 1. The molecule has 0 amide bonds. The molecule has 13 heavy (non-hydrogen) atoms. The fourth-order valence-corrected chi connectivity index (χ4v) is 1.44. The summed E-state index contributed by atoms with van der Waals surface area (Å²) >= 11 is 0. The van der Waals surface area contributed by atoms with E-state index in [-0.39, 0.29) is 18.6 Å². The van der Waals surface area contributed by atoms with E-state index < -0.39 is 6.67 Å². The van der Waals surface area contributed by atoms with Gasteiger partial charge in [-0.25, -0.2) is 4.39 Å². The van der Waals surface area contributed by atoms with Gasteiger partial charge in [-0.3, -0.25) is 0 Å². The van der Waals surface area contributed by atoms with Crippen LogP contribution in [0.15, 0.2) is 36.3 Å². The Bertz CT molecular complexity index is 268. The highest BCUT2D eigenvalue weighted by molar-refractivity contribution is 5.26. The van der Waals surface area contributed by atoms with E-state index in [0.29, 0.717) is 0 Å². The highest BCUT2D eigenvalue weighted by Crippen LogP contribution is 2.26. The average molecular weight is 182 g/mol. The zero-order valence-corrected chi connectivity index (χ0v) is 7.15. The van der Waals surface area contributed by atoms with Crippen LogP contribution in [0.2, 0.25) is 0 Å². The molecule has 0 fully saturated rings. The molecule has 2 aliphatic rings. The summed E-state index contributed by atoms with van der Waals surface area (Å²) in [5.74, 6) is 0.980. The molecule has 2 unspecified atom stereocenters. The number of hydrogen-bond acceptors (Lipinski definition) is 2. The van der Waals surface area contributed by atoms with Crippen LogP contribution in [-0.4, -0.2) is 19.4 Å². The molecule has 2 rings (SSSR count). The lowest BCUT2D eigenvalue weighted by molar-refractivity contribution is 0.171. The van der Waals surface area contributed by atoms with Crippen molar-refractivity contribution < 1.29 is 13.9 Å². The van der Waals surface area contributed by atoms with Gasteiger partial charge in [0.2, 0.25) is 0 Å². The SMILES string of the molecule is FCCOC1=CC2C=COC2C=C1. The molecule has 0 bridgehead atoms. The molecular formula is C10H11FO2. The molecule has 0 saturated carbocycles. The van der Waals surface area contributed by atoms with Crippen molar-refractivity contribution in [3.63, 3.8) is 0 Å². The molecule has 0 aromatic heterocycles. The summed E-state index contributed by atoms with van der Waals surface area (Å²) < 4.78 is 22.2. The van der Waals surface area contributed by atoms with E-state index in [0.717, 1.165) is 5.76 Å². The van der Waals surface area contributed by atoms with Gasteiger partial charge in [0.1, 0.15) is 25.1 Å². The molecule has 2 nitrogen and oxygen atoms in total. The van der Waals surface area contributed by atoms with Crippen LogP contribution in [0.4, 0.5) is 4.39 Å². The van der Waals surface area contributed by atoms with Crippen LogP contribution in [0.25, 0.3) is 0 Å². The van der Waals surface area contributed by atoms with Crippen molar-refractivity contribution in [2.75, 3.05) is 13.3 Å². The molecule has 0 aromatic rings. The Hall–Kier alpha value is -1.25. The van der Waals surface area contributed by atoms with E-state index in [1.807, 2.05) is 24.3 Å². The second-order valence-electron chi connectivity index (χ2n) is 2.97. The second kappa shape index (κ2) is 3.64. The summed E-state index contributed by atoms with van der Waals surface area (Å²) in [4.78, 5) is 0. The van der Waals surface area contributed by atoms with Gasteiger partial charge in [0.25, 0.3) is 0 Å². The summed E-state index contributed by atoms with van der Waals surface area (Å²) in [6.45, 7) is -0.330. The Labute approximate surface area is 76.3 Å². The lowest BCUT2D eigenvalue weighted by Crippen LogP contribution is -2.15. The smallest absolute Gasteiger partial charge is 0.126 e. The van der Waals surface area contributed by atoms with Crippen LogP contribution in [0.3, 0.4) is 0 Å². The van der Waals surface area contributed by atoms with Gasteiger partial charge in [-0.1, -0.05) is 0 Å². The van der Waals surface area contributed by atoms with Gasteiger partial charge in [-0.05, 0) is 24.3 Å². The van der Waals surface area contributed by atoms with Gasteiger partial charge in [-0.15, -0.1) is 0 Å². The summed E-state index contributed by atoms with van der Waals surface area (Å²) in [6.07, 6.45) is 9.46. The molecule has 0 aromatic carbocycles. The molecule has 0 saturated heterocycles. The van der Waals surface area contributed by atoms with E-state index in [1.54, 1.807) is 6.26 Å². The summed E-state index contributed by atoms with van der Waals surface area (Å²) in [5, 5.41) is 0. The number of rotatable bonds is 3. The summed E-state index contributed by atoms with van der Waals surface area (Å²) in [5.41, 5.74) is 0. The molecular weight excluding hydrogens is 171 g/mol. The van der Waals surface area contributed by atoms with E-state index in [2.05, 4.69) is 0 Å². The predicted molar refractivity (Wildman–Crippen MR) is 46.7 cm³/mol. The molecule has 0 radical (unpaired) electrons. The highest BCUT2D eigenvalue weighted by atomic mass is 19.1. The molecule has 70 valence electrons. The zero-order chi connectivity index (χ0) is 9.10. The number of alkyl halides is 1. The second-order valence-corrected chi connectivity index (χ2v) is 2.97. The van der Waals surface area contributed by atoms with Gasteiger partial charge in [0, 0.05) is 5.92 Å². The first-order valence-corrected chi connectivity index (χ1v) is 4.31. The van der Waals surface area contributed by atoms with Crippen molar-refractivity contribution in [1.29, 1.82) is 0 Å². The van der Waals surface area contributed by atoms with Crippen molar-refractivity contribution in [2.24, 2.45) is 5.92 Å². The zero-order valence-electron chi connectivity index (χ0n) is 7.15. The Morgan fingerprint density at radius 3 is 3.23 bits per heavy atom. The molecule has 2 atom stereocenters. The van der Waals surface area contributed by atoms with Crippen LogP contribution >= 0.6 is 0 Å². The van der Waals surface area contributed by atoms with E-state index >= 15 is 0 Å². The third-order valence-corrected chi connectivity index (χ3v) is 2.07. The fourth-order valence-electron chi connectivity index (χ4n) is 1.44. The summed E-state index contributed by atoms with van der Waals surface area (Å²) in [6, 6.07) is 0. The quantitative estimate of drug-likeness (QED) is 0.664. The van der Waals surface area contributed by atoms with E-state index in [9.17, 15) is 4.39 Å². The molecule has 1 aliphatic heterocycles. The summed E-state index contributed by atoms with van der Waals surface area (Å²) in [7, 11) is 0. The maximum Gasteiger partial charge on any atom is 0.126 e. The monoisotopic (exact) mass is 182 g/mol. The fraction of sp³-hybridized carbons (Fsp3) is 0.400. The lowest BCUT2D eigenvalue weighted by Gasteiger charge is -2.17. The normalized spacial score (nSPS) is 29.5. The van der Waals surface area contributed by atoms with Gasteiger partial charge in [-0.2, -0.15) is 0 Å². The van der Waals surface area contributed by atoms with Crippen molar-refractivity contribution in [1.82, 2.24) is 0 Å². The maximum absolute atomic E-state index is 11.8. The van der Waals surface area contributed by atoms with Gasteiger partial charge < -0.3 is 9.47 Å². The molecule has 0 N–H and O–H groups in total. The van der Waals surface area contributed by atoms with E-state index in [4.69, 9.17) is 9.47 Å². The first-order valence-electron chi connectivity index (χ1n) is 4.31. The Balaban J connectivity index is 1.98. The third kappa shape index (κ3) is 1.74. The van der Waals surface area contributed by atoms with Crippen LogP contribution in [-0.2, 0) is 9.47 Å². The highest BCUT2D eigenvalue weighted by Gasteiger charge is 2.23. The minimum atomic E-state index is -0.453.